The van der Waals surface area contributed by atoms with Gasteiger partial charge in [0.15, 0.2) is 0 Å². The normalized spacial score (nSPS) is 18.1. The van der Waals surface area contributed by atoms with E-state index in [9.17, 15) is 0 Å². The molecule has 0 radical (unpaired) electrons. The molecule has 76 valence electrons. The summed E-state index contributed by atoms with van der Waals surface area (Å²) in [4.78, 5) is 0. The molecule has 1 aliphatic rings. The molecule has 0 aliphatic heterocycles. The maximum absolute atomic E-state index is 3.43. The molecular formula is C13H19N. The summed E-state index contributed by atoms with van der Waals surface area (Å²) in [6.07, 6.45) is 4.99. The summed E-state index contributed by atoms with van der Waals surface area (Å²) in [6.45, 7) is 2.20. The SMILES string of the molecule is CCc1ccc(CC2(NC)CC2)cc1. The number of likely N-dealkylation sites (N-methyl/N-ethyl adjacent to an activating group) is 1. The highest BCUT2D eigenvalue weighted by Crippen LogP contribution is 2.37. The minimum Gasteiger partial charge on any atom is -0.314 e. The first-order valence-electron chi connectivity index (χ1n) is 5.55. The molecule has 0 heterocycles. The molecule has 0 amide bonds. The molecule has 1 saturated carbocycles. The molecule has 2 rings (SSSR count). The Hall–Kier alpha value is -0.820. The first-order valence-corrected chi connectivity index (χ1v) is 5.55. The van der Waals surface area contributed by atoms with Gasteiger partial charge in [-0.05, 0) is 43.9 Å². The summed E-state index contributed by atoms with van der Waals surface area (Å²) >= 11 is 0. The lowest BCUT2D eigenvalue weighted by molar-refractivity contribution is 0.548. The van der Waals surface area contributed by atoms with Gasteiger partial charge in [0.05, 0.1) is 0 Å². The van der Waals surface area contributed by atoms with Gasteiger partial charge in [-0.25, -0.2) is 0 Å². The Labute approximate surface area is 86.5 Å². The Balaban J connectivity index is 2.03. The molecule has 14 heavy (non-hydrogen) atoms. The highest BCUT2D eigenvalue weighted by molar-refractivity contribution is 5.25. The van der Waals surface area contributed by atoms with E-state index < -0.39 is 0 Å². The lowest BCUT2D eigenvalue weighted by atomic mass is 10.0. The number of hydrogen-bond donors (Lipinski definition) is 1. The van der Waals surface area contributed by atoms with Crippen molar-refractivity contribution in [1.29, 1.82) is 0 Å². The third kappa shape index (κ3) is 1.98. The molecule has 0 aromatic heterocycles. The number of benzene rings is 1. The van der Waals surface area contributed by atoms with Crippen molar-refractivity contribution >= 4 is 0 Å². The second-order valence-electron chi connectivity index (χ2n) is 4.38. The van der Waals surface area contributed by atoms with Crippen molar-refractivity contribution in [3.8, 4) is 0 Å². The van der Waals surface area contributed by atoms with E-state index in [1.807, 2.05) is 0 Å². The van der Waals surface area contributed by atoms with Crippen LogP contribution in [-0.4, -0.2) is 12.6 Å². The molecular weight excluding hydrogens is 170 g/mol. The Bertz CT molecular complexity index is 296. The maximum atomic E-state index is 3.43. The topological polar surface area (TPSA) is 12.0 Å². The first-order chi connectivity index (χ1) is 6.78. The number of hydrogen-bond acceptors (Lipinski definition) is 1. The molecule has 0 atom stereocenters. The molecule has 1 nitrogen and oxygen atoms in total. The number of aryl methyl sites for hydroxylation is 1. The molecule has 1 aromatic rings. The molecule has 0 spiro atoms. The molecule has 1 aromatic carbocycles. The van der Waals surface area contributed by atoms with E-state index in [0.29, 0.717) is 5.54 Å². The third-order valence-corrected chi connectivity index (χ3v) is 3.36. The van der Waals surface area contributed by atoms with Gasteiger partial charge in [0, 0.05) is 5.54 Å². The summed E-state index contributed by atoms with van der Waals surface area (Å²) in [5, 5.41) is 3.43. The fraction of sp³-hybridized carbons (Fsp3) is 0.538. The van der Waals surface area contributed by atoms with E-state index in [4.69, 9.17) is 0 Å². The average molecular weight is 189 g/mol. The van der Waals surface area contributed by atoms with Crippen LogP contribution in [0, 0.1) is 0 Å². The standard InChI is InChI=1S/C13H19N/c1-3-11-4-6-12(7-5-11)10-13(14-2)8-9-13/h4-7,14H,3,8-10H2,1-2H3. The minimum atomic E-state index is 0.438. The fourth-order valence-corrected chi connectivity index (χ4v) is 1.95. The second-order valence-corrected chi connectivity index (χ2v) is 4.38. The van der Waals surface area contributed by atoms with Gasteiger partial charge in [-0.1, -0.05) is 31.2 Å². The predicted octanol–water partition coefficient (Wildman–Crippen LogP) is 2.54. The summed E-state index contributed by atoms with van der Waals surface area (Å²) < 4.78 is 0. The lowest BCUT2D eigenvalue weighted by Crippen LogP contribution is -2.29. The van der Waals surface area contributed by atoms with Crippen molar-refractivity contribution in [2.45, 2.75) is 38.1 Å². The Kier molecular flexibility index (Phi) is 2.60. The van der Waals surface area contributed by atoms with Crippen molar-refractivity contribution in [2.75, 3.05) is 7.05 Å². The predicted molar refractivity (Wildman–Crippen MR) is 60.5 cm³/mol. The molecule has 1 N–H and O–H groups in total. The van der Waals surface area contributed by atoms with E-state index in [2.05, 4.69) is 43.6 Å². The Morgan fingerprint density at radius 1 is 1.14 bits per heavy atom. The summed E-state index contributed by atoms with van der Waals surface area (Å²) in [5.41, 5.74) is 3.34. The molecule has 0 saturated heterocycles. The number of nitrogens with one attached hydrogen (secondary N) is 1. The summed E-state index contributed by atoms with van der Waals surface area (Å²) in [5.74, 6) is 0. The summed E-state index contributed by atoms with van der Waals surface area (Å²) in [6, 6.07) is 9.05. The van der Waals surface area contributed by atoms with Gasteiger partial charge in [-0.2, -0.15) is 0 Å². The van der Waals surface area contributed by atoms with Crippen LogP contribution in [0.4, 0.5) is 0 Å². The number of rotatable bonds is 4. The highest BCUT2D eigenvalue weighted by Gasteiger charge is 2.40. The summed E-state index contributed by atoms with van der Waals surface area (Å²) in [7, 11) is 2.08. The van der Waals surface area contributed by atoms with E-state index in [1.165, 1.54) is 30.4 Å². The lowest BCUT2D eigenvalue weighted by Gasteiger charge is -2.13. The molecule has 1 aliphatic carbocycles. The average Bonchev–Trinajstić information content (AvgIpc) is 3.00. The van der Waals surface area contributed by atoms with Crippen LogP contribution in [0.15, 0.2) is 24.3 Å². The molecule has 0 unspecified atom stereocenters. The molecule has 1 heteroatoms. The van der Waals surface area contributed by atoms with E-state index in [-0.39, 0.29) is 0 Å². The van der Waals surface area contributed by atoms with Crippen molar-refractivity contribution in [3.63, 3.8) is 0 Å². The quantitative estimate of drug-likeness (QED) is 0.767. The fourth-order valence-electron chi connectivity index (χ4n) is 1.95. The van der Waals surface area contributed by atoms with Crippen LogP contribution in [0.2, 0.25) is 0 Å². The van der Waals surface area contributed by atoms with Crippen LogP contribution in [0.1, 0.15) is 30.9 Å². The van der Waals surface area contributed by atoms with Crippen molar-refractivity contribution in [2.24, 2.45) is 0 Å². The molecule has 1 fully saturated rings. The smallest absolute Gasteiger partial charge is 0.0220 e. The second kappa shape index (κ2) is 3.74. The van der Waals surface area contributed by atoms with Crippen LogP contribution < -0.4 is 5.32 Å². The largest absolute Gasteiger partial charge is 0.314 e. The van der Waals surface area contributed by atoms with Crippen LogP contribution in [0.25, 0.3) is 0 Å². The van der Waals surface area contributed by atoms with Crippen LogP contribution >= 0.6 is 0 Å². The van der Waals surface area contributed by atoms with E-state index in [1.54, 1.807) is 0 Å². The van der Waals surface area contributed by atoms with Gasteiger partial charge in [-0.15, -0.1) is 0 Å². The zero-order valence-corrected chi connectivity index (χ0v) is 9.14. The van der Waals surface area contributed by atoms with Gasteiger partial charge >= 0.3 is 0 Å². The van der Waals surface area contributed by atoms with Gasteiger partial charge < -0.3 is 5.32 Å². The van der Waals surface area contributed by atoms with Crippen molar-refractivity contribution in [1.82, 2.24) is 5.32 Å². The monoisotopic (exact) mass is 189 g/mol. The van der Waals surface area contributed by atoms with Crippen LogP contribution in [0.5, 0.6) is 0 Å². The van der Waals surface area contributed by atoms with Crippen LogP contribution in [-0.2, 0) is 12.8 Å². The van der Waals surface area contributed by atoms with Gasteiger partial charge in [0.25, 0.3) is 0 Å². The van der Waals surface area contributed by atoms with Gasteiger partial charge in [0.1, 0.15) is 0 Å². The Morgan fingerprint density at radius 3 is 2.14 bits per heavy atom. The van der Waals surface area contributed by atoms with E-state index in [0.717, 1.165) is 6.42 Å². The van der Waals surface area contributed by atoms with Gasteiger partial charge in [0.2, 0.25) is 0 Å². The zero-order chi connectivity index (χ0) is 10.0. The van der Waals surface area contributed by atoms with E-state index >= 15 is 0 Å². The Morgan fingerprint density at radius 2 is 1.71 bits per heavy atom. The first kappa shape index (κ1) is 9.72. The zero-order valence-electron chi connectivity index (χ0n) is 9.14. The van der Waals surface area contributed by atoms with Crippen LogP contribution in [0.3, 0.4) is 0 Å². The van der Waals surface area contributed by atoms with Gasteiger partial charge in [-0.3, -0.25) is 0 Å². The highest BCUT2D eigenvalue weighted by atomic mass is 15.0. The third-order valence-electron chi connectivity index (χ3n) is 3.36. The maximum Gasteiger partial charge on any atom is 0.0220 e. The molecule has 0 bridgehead atoms. The minimum absolute atomic E-state index is 0.438. The van der Waals surface area contributed by atoms with Crippen molar-refractivity contribution in [3.05, 3.63) is 35.4 Å². The van der Waals surface area contributed by atoms with Crippen molar-refractivity contribution < 1.29 is 0 Å².